The fourth-order valence-electron chi connectivity index (χ4n) is 3.24. The molecule has 0 bridgehead atoms. The molecule has 0 unspecified atom stereocenters. The highest BCUT2D eigenvalue weighted by Crippen LogP contribution is 2.39. The van der Waals surface area contributed by atoms with Crippen LogP contribution in [0, 0.1) is 0 Å². The summed E-state index contributed by atoms with van der Waals surface area (Å²) >= 11 is 0. The van der Waals surface area contributed by atoms with E-state index in [1.165, 1.54) is 24.0 Å². The third kappa shape index (κ3) is 2.47. The number of fused-ring (bicyclic) bond motifs is 1. The molecule has 0 amide bonds. The van der Waals surface area contributed by atoms with Crippen molar-refractivity contribution in [3.63, 3.8) is 0 Å². The molecule has 1 fully saturated rings. The highest BCUT2D eigenvalue weighted by atomic mass is 16.7. The van der Waals surface area contributed by atoms with Crippen LogP contribution in [0.1, 0.15) is 30.0 Å². The average Bonchev–Trinajstić information content (AvgIpc) is 3.16. The number of nitrogens with zero attached hydrogens (tertiary/aromatic N) is 2. The monoisotopic (exact) mass is 282 g/mol. The summed E-state index contributed by atoms with van der Waals surface area (Å²) in [5, 5.41) is 0. The Labute approximate surface area is 124 Å². The lowest BCUT2D eigenvalue weighted by molar-refractivity contribution is 0.174. The second-order valence-electron chi connectivity index (χ2n) is 5.60. The molecule has 1 aromatic heterocycles. The molecule has 4 nitrogen and oxygen atoms in total. The van der Waals surface area contributed by atoms with Gasteiger partial charge in [0.1, 0.15) is 0 Å². The third-order valence-electron chi connectivity index (χ3n) is 4.25. The van der Waals surface area contributed by atoms with Gasteiger partial charge in [0.15, 0.2) is 11.5 Å². The topological polar surface area (TPSA) is 34.6 Å². The zero-order valence-electron chi connectivity index (χ0n) is 11.9. The van der Waals surface area contributed by atoms with Gasteiger partial charge in [-0.1, -0.05) is 12.1 Å². The first-order valence-electron chi connectivity index (χ1n) is 7.43. The molecule has 0 N–H and O–H groups in total. The lowest BCUT2D eigenvalue weighted by Gasteiger charge is -2.25. The van der Waals surface area contributed by atoms with E-state index in [1.807, 2.05) is 24.5 Å². The van der Waals surface area contributed by atoms with Gasteiger partial charge in [-0.2, -0.15) is 0 Å². The summed E-state index contributed by atoms with van der Waals surface area (Å²) in [6.45, 7) is 2.42. The van der Waals surface area contributed by atoms with Crippen LogP contribution >= 0.6 is 0 Å². The number of ether oxygens (including phenoxy) is 2. The minimum Gasteiger partial charge on any atom is -0.454 e. The Morgan fingerprint density at radius 3 is 3.05 bits per heavy atom. The fourth-order valence-corrected chi connectivity index (χ4v) is 3.24. The lowest BCUT2D eigenvalue weighted by atomic mass is 10.0. The molecule has 0 aliphatic carbocycles. The first kappa shape index (κ1) is 12.7. The van der Waals surface area contributed by atoms with Crippen molar-refractivity contribution >= 4 is 0 Å². The van der Waals surface area contributed by atoms with Crippen LogP contribution < -0.4 is 9.47 Å². The maximum Gasteiger partial charge on any atom is 0.231 e. The summed E-state index contributed by atoms with van der Waals surface area (Å²) in [4.78, 5) is 6.73. The highest BCUT2D eigenvalue weighted by Gasteiger charge is 2.27. The van der Waals surface area contributed by atoms with Crippen LogP contribution in [0.25, 0.3) is 0 Å². The quantitative estimate of drug-likeness (QED) is 0.866. The van der Waals surface area contributed by atoms with Gasteiger partial charge in [0.05, 0.1) is 0 Å². The van der Waals surface area contributed by atoms with E-state index < -0.39 is 0 Å². The van der Waals surface area contributed by atoms with Crippen molar-refractivity contribution in [1.82, 2.24) is 9.88 Å². The number of pyridine rings is 1. The number of aromatic nitrogens is 1. The van der Waals surface area contributed by atoms with Crippen molar-refractivity contribution in [2.75, 3.05) is 13.3 Å². The van der Waals surface area contributed by atoms with E-state index in [9.17, 15) is 0 Å². The Kier molecular flexibility index (Phi) is 3.24. The second-order valence-corrected chi connectivity index (χ2v) is 5.60. The maximum absolute atomic E-state index is 5.50. The predicted octanol–water partition coefficient (Wildman–Crippen LogP) is 3.15. The number of likely N-dealkylation sites (tertiary alicyclic amines) is 1. The molecule has 2 aromatic rings. The van der Waals surface area contributed by atoms with Crippen LogP contribution in [-0.4, -0.2) is 23.2 Å². The van der Waals surface area contributed by atoms with E-state index in [1.54, 1.807) is 0 Å². The van der Waals surface area contributed by atoms with Gasteiger partial charge in [0.2, 0.25) is 6.79 Å². The zero-order chi connectivity index (χ0) is 14.1. The number of hydrogen-bond donors (Lipinski definition) is 0. The van der Waals surface area contributed by atoms with Gasteiger partial charge in [0, 0.05) is 25.0 Å². The molecular formula is C17H18N2O2. The predicted molar refractivity (Wildman–Crippen MR) is 79.2 cm³/mol. The van der Waals surface area contributed by atoms with Gasteiger partial charge < -0.3 is 9.47 Å². The Hall–Kier alpha value is -2.07. The molecule has 1 aromatic carbocycles. The summed E-state index contributed by atoms with van der Waals surface area (Å²) in [6, 6.07) is 10.9. The van der Waals surface area contributed by atoms with E-state index in [0.717, 1.165) is 24.6 Å². The molecule has 0 radical (unpaired) electrons. The van der Waals surface area contributed by atoms with Crippen molar-refractivity contribution in [3.8, 4) is 11.5 Å². The van der Waals surface area contributed by atoms with Crippen molar-refractivity contribution in [1.29, 1.82) is 0 Å². The SMILES string of the molecule is c1cncc(CN2CCC[C@H]2c2ccc3c(c2)OCO3)c1. The smallest absolute Gasteiger partial charge is 0.231 e. The van der Waals surface area contributed by atoms with E-state index in [-0.39, 0.29) is 0 Å². The van der Waals surface area contributed by atoms with Crippen molar-refractivity contribution in [3.05, 3.63) is 53.9 Å². The van der Waals surface area contributed by atoms with Crippen LogP contribution in [0.15, 0.2) is 42.7 Å². The first-order valence-corrected chi connectivity index (χ1v) is 7.43. The minimum absolute atomic E-state index is 0.336. The van der Waals surface area contributed by atoms with Crippen LogP contribution in [0.4, 0.5) is 0 Å². The van der Waals surface area contributed by atoms with E-state index in [0.29, 0.717) is 12.8 Å². The molecule has 3 heterocycles. The Bertz CT molecular complexity index is 630. The number of rotatable bonds is 3. The number of benzene rings is 1. The van der Waals surface area contributed by atoms with Gasteiger partial charge in [-0.25, -0.2) is 0 Å². The van der Waals surface area contributed by atoms with Crippen molar-refractivity contribution in [2.45, 2.75) is 25.4 Å². The molecule has 4 heteroatoms. The van der Waals surface area contributed by atoms with Crippen molar-refractivity contribution in [2.24, 2.45) is 0 Å². The minimum atomic E-state index is 0.336. The molecular weight excluding hydrogens is 264 g/mol. The highest BCUT2D eigenvalue weighted by molar-refractivity contribution is 5.45. The first-order chi connectivity index (χ1) is 10.4. The Morgan fingerprint density at radius 2 is 2.14 bits per heavy atom. The summed E-state index contributed by atoms with van der Waals surface area (Å²) in [5.41, 5.74) is 2.59. The van der Waals surface area contributed by atoms with Gasteiger partial charge in [0.25, 0.3) is 0 Å². The van der Waals surface area contributed by atoms with Crippen molar-refractivity contribution < 1.29 is 9.47 Å². The van der Waals surface area contributed by atoms with Gasteiger partial charge in [-0.05, 0) is 48.7 Å². The maximum atomic E-state index is 5.50. The molecule has 1 saturated heterocycles. The molecule has 108 valence electrons. The van der Waals surface area contributed by atoms with E-state index in [4.69, 9.17) is 9.47 Å². The molecule has 0 saturated carbocycles. The van der Waals surface area contributed by atoms with Gasteiger partial charge in [-0.15, -0.1) is 0 Å². The lowest BCUT2D eigenvalue weighted by Crippen LogP contribution is -2.22. The summed E-state index contributed by atoms with van der Waals surface area (Å²) in [7, 11) is 0. The zero-order valence-corrected chi connectivity index (χ0v) is 11.9. The van der Waals surface area contributed by atoms with Gasteiger partial charge >= 0.3 is 0 Å². The van der Waals surface area contributed by atoms with Crippen LogP contribution in [-0.2, 0) is 6.54 Å². The molecule has 2 aliphatic rings. The third-order valence-corrected chi connectivity index (χ3v) is 4.25. The van der Waals surface area contributed by atoms with Crippen LogP contribution in [0.5, 0.6) is 11.5 Å². The standard InChI is InChI=1S/C17H18N2O2/c1-3-13(10-18-7-1)11-19-8-2-4-15(19)14-5-6-16-17(9-14)21-12-20-16/h1,3,5-7,9-10,15H,2,4,8,11-12H2/t15-/m0/s1. The van der Waals surface area contributed by atoms with Crippen LogP contribution in [0.3, 0.4) is 0 Å². The summed E-state index contributed by atoms with van der Waals surface area (Å²) in [5.74, 6) is 1.73. The Morgan fingerprint density at radius 1 is 1.19 bits per heavy atom. The molecule has 1 atom stereocenters. The molecule has 21 heavy (non-hydrogen) atoms. The fraction of sp³-hybridized carbons (Fsp3) is 0.353. The second kappa shape index (κ2) is 5.37. The number of hydrogen-bond acceptors (Lipinski definition) is 4. The molecule has 0 spiro atoms. The van der Waals surface area contributed by atoms with E-state index in [2.05, 4.69) is 28.1 Å². The molecule has 2 aliphatic heterocycles. The molecule has 4 rings (SSSR count). The van der Waals surface area contributed by atoms with E-state index >= 15 is 0 Å². The summed E-state index contributed by atoms with van der Waals surface area (Å²) in [6.07, 6.45) is 6.21. The Balaban J connectivity index is 1.56. The summed E-state index contributed by atoms with van der Waals surface area (Å²) < 4.78 is 10.9. The van der Waals surface area contributed by atoms with Gasteiger partial charge in [-0.3, -0.25) is 9.88 Å². The van der Waals surface area contributed by atoms with Crippen LogP contribution in [0.2, 0.25) is 0 Å². The average molecular weight is 282 g/mol. The largest absolute Gasteiger partial charge is 0.454 e. The normalized spacial score (nSPS) is 20.9.